The fourth-order valence-corrected chi connectivity index (χ4v) is 4.55. The number of benzene rings is 3. The van der Waals surface area contributed by atoms with Gasteiger partial charge in [0.1, 0.15) is 0 Å². The Morgan fingerprint density at radius 2 is 1.43 bits per heavy atom. The maximum Gasteiger partial charge on any atom is 0.240 e. The van der Waals surface area contributed by atoms with E-state index >= 15 is 0 Å². The predicted molar refractivity (Wildman–Crippen MR) is 112 cm³/mol. The average molecular weight is 394 g/mol. The topological polar surface area (TPSA) is 71.3 Å². The number of fused-ring (bicyclic) bond motifs is 3. The fraction of sp³-hybridized carbons (Fsp3) is 0.182. The Morgan fingerprint density at radius 1 is 0.893 bits per heavy atom. The van der Waals surface area contributed by atoms with Crippen molar-refractivity contribution in [3.05, 3.63) is 78.4 Å². The molecule has 0 spiro atoms. The molecule has 0 bridgehead atoms. The molecule has 0 fully saturated rings. The number of sulfonamides is 1. The van der Waals surface area contributed by atoms with Crippen LogP contribution in [-0.4, -0.2) is 30.7 Å². The first-order valence-corrected chi connectivity index (χ1v) is 10.6. The van der Waals surface area contributed by atoms with Crippen LogP contribution in [0, 0.1) is 6.92 Å². The van der Waals surface area contributed by atoms with Gasteiger partial charge in [-0.3, -0.25) is 0 Å². The summed E-state index contributed by atoms with van der Waals surface area (Å²) in [6.45, 7) is 2.14. The summed E-state index contributed by atoms with van der Waals surface area (Å²) < 4.78 is 29.4. The van der Waals surface area contributed by atoms with Gasteiger partial charge in [-0.2, -0.15) is 0 Å². The van der Waals surface area contributed by atoms with Crippen molar-refractivity contribution in [3.8, 4) is 0 Å². The number of para-hydroxylation sites is 2. The summed E-state index contributed by atoms with van der Waals surface area (Å²) >= 11 is 0. The van der Waals surface area contributed by atoms with Gasteiger partial charge in [-0.1, -0.05) is 54.1 Å². The van der Waals surface area contributed by atoms with Crippen molar-refractivity contribution in [2.45, 2.75) is 24.5 Å². The van der Waals surface area contributed by atoms with Gasteiger partial charge in [0.15, 0.2) is 0 Å². The van der Waals surface area contributed by atoms with Crippen LogP contribution in [0.15, 0.2) is 77.7 Å². The third kappa shape index (κ3) is 3.54. The molecule has 0 aliphatic heterocycles. The van der Waals surface area contributed by atoms with Gasteiger partial charge < -0.3 is 9.67 Å². The van der Waals surface area contributed by atoms with Crippen LogP contribution in [0.4, 0.5) is 0 Å². The van der Waals surface area contributed by atoms with Crippen molar-refractivity contribution in [2.75, 3.05) is 6.54 Å². The third-order valence-corrected chi connectivity index (χ3v) is 6.35. The molecule has 0 unspecified atom stereocenters. The van der Waals surface area contributed by atoms with Crippen LogP contribution in [0.3, 0.4) is 0 Å². The van der Waals surface area contributed by atoms with Crippen LogP contribution in [-0.2, 0) is 16.6 Å². The number of aryl methyl sites for hydroxylation is 1. The summed E-state index contributed by atoms with van der Waals surface area (Å²) in [4.78, 5) is 0.196. The van der Waals surface area contributed by atoms with Gasteiger partial charge in [-0.25, -0.2) is 13.1 Å². The van der Waals surface area contributed by atoms with Crippen molar-refractivity contribution in [1.82, 2.24) is 9.29 Å². The van der Waals surface area contributed by atoms with Gasteiger partial charge in [0, 0.05) is 28.4 Å². The molecule has 0 aliphatic carbocycles. The Balaban J connectivity index is 1.55. The lowest BCUT2D eigenvalue weighted by Crippen LogP contribution is -2.34. The van der Waals surface area contributed by atoms with Crippen LogP contribution in [0.2, 0.25) is 0 Å². The van der Waals surface area contributed by atoms with E-state index in [-0.39, 0.29) is 11.4 Å². The van der Waals surface area contributed by atoms with E-state index in [1.54, 1.807) is 24.3 Å². The molecular formula is C22H22N2O3S. The number of nitrogens with zero attached hydrogens (tertiary/aromatic N) is 1. The molecule has 3 aromatic carbocycles. The smallest absolute Gasteiger partial charge is 0.240 e. The molecule has 4 aromatic rings. The third-order valence-electron chi connectivity index (χ3n) is 4.91. The summed E-state index contributed by atoms with van der Waals surface area (Å²) in [6.07, 6.45) is -0.862. The molecule has 1 heterocycles. The van der Waals surface area contributed by atoms with Crippen LogP contribution < -0.4 is 4.72 Å². The maximum atomic E-state index is 12.4. The molecule has 2 N–H and O–H groups in total. The first-order valence-electron chi connectivity index (χ1n) is 9.16. The van der Waals surface area contributed by atoms with Gasteiger partial charge in [0.25, 0.3) is 0 Å². The molecule has 6 heteroatoms. The predicted octanol–water partition coefficient (Wildman–Crippen LogP) is 3.44. The van der Waals surface area contributed by atoms with E-state index < -0.39 is 16.1 Å². The number of hydrogen-bond donors (Lipinski definition) is 2. The maximum absolute atomic E-state index is 12.4. The number of hydrogen-bond acceptors (Lipinski definition) is 3. The Hall–Kier alpha value is -2.67. The van der Waals surface area contributed by atoms with E-state index in [0.29, 0.717) is 6.54 Å². The highest BCUT2D eigenvalue weighted by atomic mass is 32.2. The van der Waals surface area contributed by atoms with Crippen LogP contribution >= 0.6 is 0 Å². The van der Waals surface area contributed by atoms with Gasteiger partial charge in [-0.15, -0.1) is 0 Å². The highest BCUT2D eigenvalue weighted by Gasteiger charge is 2.17. The van der Waals surface area contributed by atoms with Crippen molar-refractivity contribution in [2.24, 2.45) is 0 Å². The number of aliphatic hydroxyl groups is 1. The van der Waals surface area contributed by atoms with E-state index in [4.69, 9.17) is 0 Å². The minimum atomic E-state index is -3.66. The molecule has 1 aromatic heterocycles. The summed E-state index contributed by atoms with van der Waals surface area (Å²) in [5.41, 5.74) is 3.03. The van der Waals surface area contributed by atoms with Crippen molar-refractivity contribution >= 4 is 31.8 Å². The largest absolute Gasteiger partial charge is 0.390 e. The Morgan fingerprint density at radius 3 is 2.00 bits per heavy atom. The Labute approximate surface area is 164 Å². The zero-order valence-electron chi connectivity index (χ0n) is 15.5. The van der Waals surface area contributed by atoms with Crippen molar-refractivity contribution < 1.29 is 13.5 Å². The molecule has 0 radical (unpaired) electrons. The van der Waals surface area contributed by atoms with Crippen molar-refractivity contribution in [1.29, 1.82) is 0 Å². The lowest BCUT2D eigenvalue weighted by Gasteiger charge is -2.15. The Bertz CT molecular complexity index is 1170. The second kappa shape index (κ2) is 7.39. The van der Waals surface area contributed by atoms with Crippen LogP contribution in [0.5, 0.6) is 0 Å². The van der Waals surface area contributed by atoms with Crippen LogP contribution in [0.1, 0.15) is 5.56 Å². The van der Waals surface area contributed by atoms with E-state index in [2.05, 4.69) is 16.9 Å². The van der Waals surface area contributed by atoms with E-state index in [0.717, 1.165) is 27.4 Å². The minimum Gasteiger partial charge on any atom is -0.390 e. The molecular weight excluding hydrogens is 372 g/mol. The standard InChI is InChI=1S/C22H22N2O3S/c1-16-10-12-18(13-11-16)28(26,27)23-14-17(25)15-24-21-8-4-2-6-19(21)20-7-3-5-9-22(20)24/h2-13,17,23,25H,14-15H2,1H3/t17-/m0/s1. The first kappa shape index (κ1) is 18.7. The number of rotatable bonds is 6. The average Bonchev–Trinajstić information content (AvgIpc) is 3.01. The number of aromatic nitrogens is 1. The molecule has 0 saturated carbocycles. The van der Waals surface area contributed by atoms with Crippen molar-refractivity contribution in [3.63, 3.8) is 0 Å². The van der Waals surface area contributed by atoms with Gasteiger partial charge in [0.2, 0.25) is 10.0 Å². The summed E-state index contributed by atoms with van der Waals surface area (Å²) in [7, 11) is -3.66. The molecule has 28 heavy (non-hydrogen) atoms. The van der Waals surface area contributed by atoms with E-state index in [1.165, 1.54) is 0 Å². The summed E-state index contributed by atoms with van der Waals surface area (Å²) in [5.74, 6) is 0. The van der Waals surface area contributed by atoms with Gasteiger partial charge in [0.05, 0.1) is 17.5 Å². The normalized spacial score (nSPS) is 13.2. The molecule has 4 rings (SSSR count). The van der Waals surface area contributed by atoms with E-state index in [1.807, 2.05) is 47.9 Å². The highest BCUT2D eigenvalue weighted by molar-refractivity contribution is 7.89. The lowest BCUT2D eigenvalue weighted by molar-refractivity contribution is 0.161. The molecule has 0 saturated heterocycles. The zero-order valence-corrected chi connectivity index (χ0v) is 16.4. The number of nitrogens with one attached hydrogen (secondary N) is 1. The fourth-order valence-electron chi connectivity index (χ4n) is 3.48. The van der Waals surface area contributed by atoms with Crippen LogP contribution in [0.25, 0.3) is 21.8 Å². The second-order valence-electron chi connectivity index (χ2n) is 6.96. The Kier molecular flexibility index (Phi) is 4.93. The second-order valence-corrected chi connectivity index (χ2v) is 8.73. The highest BCUT2D eigenvalue weighted by Crippen LogP contribution is 2.28. The first-order chi connectivity index (χ1) is 13.5. The summed E-state index contributed by atoms with van der Waals surface area (Å²) in [5, 5.41) is 12.8. The molecule has 0 amide bonds. The molecule has 5 nitrogen and oxygen atoms in total. The zero-order chi connectivity index (χ0) is 19.7. The monoisotopic (exact) mass is 394 g/mol. The SMILES string of the molecule is Cc1ccc(S(=O)(=O)NC[C@H](O)Cn2c3ccccc3c3ccccc32)cc1. The minimum absolute atomic E-state index is 0.0585. The van der Waals surface area contributed by atoms with Gasteiger partial charge >= 0.3 is 0 Å². The molecule has 0 aliphatic rings. The number of aliphatic hydroxyl groups excluding tert-OH is 1. The van der Waals surface area contributed by atoms with Gasteiger partial charge in [-0.05, 0) is 31.2 Å². The van der Waals surface area contributed by atoms with E-state index in [9.17, 15) is 13.5 Å². The summed E-state index contributed by atoms with van der Waals surface area (Å²) in [6, 6.07) is 22.7. The quantitative estimate of drug-likeness (QED) is 0.526. The molecule has 1 atom stereocenters. The lowest BCUT2D eigenvalue weighted by atomic mass is 10.2. The molecule has 144 valence electrons.